The number of amides is 1. The molecule has 78 valence electrons. The number of rotatable bonds is 2. The molecule has 0 fully saturated rings. The molecule has 0 aromatic carbocycles. The van der Waals surface area contributed by atoms with Crippen molar-refractivity contribution in [2.75, 3.05) is 6.54 Å². The van der Waals surface area contributed by atoms with Crippen LogP contribution in [0.5, 0.6) is 0 Å². The van der Waals surface area contributed by atoms with E-state index in [1.807, 2.05) is 6.92 Å². The van der Waals surface area contributed by atoms with Crippen molar-refractivity contribution in [3.05, 3.63) is 16.1 Å². The van der Waals surface area contributed by atoms with Crippen molar-refractivity contribution in [1.29, 1.82) is 0 Å². The second-order valence-corrected chi connectivity index (χ2v) is 5.37. The molecule has 0 bridgehead atoms. The van der Waals surface area contributed by atoms with Crippen molar-refractivity contribution in [3.8, 4) is 0 Å². The van der Waals surface area contributed by atoms with Crippen LogP contribution in [0.15, 0.2) is 5.51 Å². The highest BCUT2D eigenvalue weighted by atomic mass is 32.1. The lowest BCUT2D eigenvalue weighted by Crippen LogP contribution is -2.32. The fourth-order valence-corrected chi connectivity index (χ4v) is 1.66. The molecule has 0 radical (unpaired) electrons. The number of thiazole rings is 1. The molecular formula is C10H16N2OS. The van der Waals surface area contributed by atoms with Crippen molar-refractivity contribution in [2.45, 2.75) is 27.7 Å². The van der Waals surface area contributed by atoms with Crippen molar-refractivity contribution in [3.63, 3.8) is 0 Å². The van der Waals surface area contributed by atoms with Crippen LogP contribution >= 0.6 is 11.3 Å². The van der Waals surface area contributed by atoms with E-state index in [0.29, 0.717) is 11.4 Å². The third-order valence-corrected chi connectivity index (χ3v) is 2.66. The van der Waals surface area contributed by atoms with Crippen LogP contribution in [0.2, 0.25) is 0 Å². The Kier molecular flexibility index (Phi) is 3.26. The average molecular weight is 212 g/mol. The van der Waals surface area contributed by atoms with Crippen molar-refractivity contribution in [1.82, 2.24) is 10.3 Å². The molecule has 1 N–H and O–H groups in total. The molecule has 0 unspecified atom stereocenters. The van der Waals surface area contributed by atoms with E-state index >= 15 is 0 Å². The SMILES string of the molecule is Cc1ncsc1C(=O)NCC(C)(C)C. The molecule has 1 rings (SSSR count). The molecule has 1 aromatic heterocycles. The summed E-state index contributed by atoms with van der Waals surface area (Å²) in [5.41, 5.74) is 2.62. The molecule has 0 aliphatic carbocycles. The van der Waals surface area contributed by atoms with E-state index in [1.165, 1.54) is 11.3 Å². The van der Waals surface area contributed by atoms with Crippen LogP contribution in [0.1, 0.15) is 36.1 Å². The summed E-state index contributed by atoms with van der Waals surface area (Å²) >= 11 is 1.39. The Morgan fingerprint density at radius 1 is 1.57 bits per heavy atom. The number of hydrogen-bond donors (Lipinski definition) is 1. The van der Waals surface area contributed by atoms with Crippen LogP contribution in [0, 0.1) is 12.3 Å². The Hall–Kier alpha value is -0.900. The Balaban J connectivity index is 2.56. The van der Waals surface area contributed by atoms with Gasteiger partial charge in [-0.05, 0) is 12.3 Å². The summed E-state index contributed by atoms with van der Waals surface area (Å²) in [7, 11) is 0. The lowest BCUT2D eigenvalue weighted by molar-refractivity contribution is 0.0942. The molecule has 4 heteroatoms. The molecule has 0 spiro atoms. The second kappa shape index (κ2) is 4.09. The predicted octanol–water partition coefficient (Wildman–Crippen LogP) is 2.23. The topological polar surface area (TPSA) is 42.0 Å². The van der Waals surface area contributed by atoms with Gasteiger partial charge in [0.25, 0.3) is 5.91 Å². The van der Waals surface area contributed by atoms with Gasteiger partial charge < -0.3 is 5.32 Å². The number of carbonyl (C=O) groups is 1. The molecule has 0 saturated heterocycles. The van der Waals surface area contributed by atoms with Gasteiger partial charge in [-0.2, -0.15) is 0 Å². The zero-order valence-electron chi connectivity index (χ0n) is 9.05. The zero-order valence-corrected chi connectivity index (χ0v) is 9.86. The molecule has 14 heavy (non-hydrogen) atoms. The Labute approximate surface area is 88.6 Å². The van der Waals surface area contributed by atoms with Gasteiger partial charge in [0, 0.05) is 6.54 Å². The number of aryl methyl sites for hydroxylation is 1. The van der Waals surface area contributed by atoms with Gasteiger partial charge >= 0.3 is 0 Å². The van der Waals surface area contributed by atoms with Gasteiger partial charge in [0.05, 0.1) is 11.2 Å². The molecule has 1 amide bonds. The molecule has 0 atom stereocenters. The average Bonchev–Trinajstić information content (AvgIpc) is 2.46. The van der Waals surface area contributed by atoms with Crippen LogP contribution in [0.4, 0.5) is 0 Å². The van der Waals surface area contributed by atoms with Gasteiger partial charge in [-0.15, -0.1) is 11.3 Å². The maximum absolute atomic E-state index is 11.6. The van der Waals surface area contributed by atoms with Crippen LogP contribution in [0.3, 0.4) is 0 Å². The molecular weight excluding hydrogens is 196 g/mol. The summed E-state index contributed by atoms with van der Waals surface area (Å²) in [4.78, 5) is 16.4. The van der Waals surface area contributed by atoms with E-state index in [-0.39, 0.29) is 11.3 Å². The number of aromatic nitrogens is 1. The van der Waals surface area contributed by atoms with E-state index < -0.39 is 0 Å². The summed E-state index contributed by atoms with van der Waals surface area (Å²) in [6.45, 7) is 8.80. The van der Waals surface area contributed by atoms with Crippen molar-refractivity contribution in [2.24, 2.45) is 5.41 Å². The summed E-state index contributed by atoms with van der Waals surface area (Å²) < 4.78 is 0. The van der Waals surface area contributed by atoms with Gasteiger partial charge in [0.1, 0.15) is 4.88 Å². The molecule has 0 saturated carbocycles. The largest absolute Gasteiger partial charge is 0.351 e. The fraction of sp³-hybridized carbons (Fsp3) is 0.600. The minimum absolute atomic E-state index is 0.0140. The van der Waals surface area contributed by atoms with Gasteiger partial charge in [-0.25, -0.2) is 4.98 Å². The van der Waals surface area contributed by atoms with Crippen molar-refractivity contribution >= 4 is 17.2 Å². The van der Waals surface area contributed by atoms with E-state index in [1.54, 1.807) is 5.51 Å². The maximum atomic E-state index is 11.6. The summed E-state index contributed by atoms with van der Waals surface area (Å²) in [6.07, 6.45) is 0. The third-order valence-electron chi connectivity index (χ3n) is 1.73. The minimum atomic E-state index is -0.0140. The highest BCUT2D eigenvalue weighted by Gasteiger charge is 2.15. The second-order valence-electron chi connectivity index (χ2n) is 4.51. The zero-order chi connectivity index (χ0) is 10.8. The van der Waals surface area contributed by atoms with Gasteiger partial charge in [0.2, 0.25) is 0 Å². The Bertz CT molecular complexity index is 325. The maximum Gasteiger partial charge on any atom is 0.263 e. The highest BCUT2D eigenvalue weighted by Crippen LogP contribution is 2.14. The Morgan fingerprint density at radius 2 is 2.21 bits per heavy atom. The number of nitrogens with one attached hydrogen (secondary N) is 1. The van der Waals surface area contributed by atoms with Gasteiger partial charge in [0.15, 0.2) is 0 Å². The monoisotopic (exact) mass is 212 g/mol. The van der Waals surface area contributed by atoms with E-state index in [4.69, 9.17) is 0 Å². The first-order valence-corrected chi connectivity index (χ1v) is 5.46. The van der Waals surface area contributed by atoms with Crippen LogP contribution in [-0.4, -0.2) is 17.4 Å². The summed E-state index contributed by atoms with van der Waals surface area (Å²) in [6, 6.07) is 0. The Morgan fingerprint density at radius 3 is 2.64 bits per heavy atom. The number of nitrogens with zero attached hydrogens (tertiary/aromatic N) is 1. The highest BCUT2D eigenvalue weighted by molar-refractivity contribution is 7.11. The number of hydrogen-bond acceptors (Lipinski definition) is 3. The standard InChI is InChI=1S/C10H16N2OS/c1-7-8(14-6-12-7)9(13)11-5-10(2,3)4/h6H,5H2,1-4H3,(H,11,13). The first-order chi connectivity index (χ1) is 6.40. The molecule has 0 aliphatic rings. The van der Waals surface area contributed by atoms with E-state index in [9.17, 15) is 4.79 Å². The minimum Gasteiger partial charge on any atom is -0.351 e. The normalized spacial score (nSPS) is 11.4. The quantitative estimate of drug-likeness (QED) is 0.816. The van der Waals surface area contributed by atoms with Gasteiger partial charge in [-0.3, -0.25) is 4.79 Å². The van der Waals surface area contributed by atoms with Crippen LogP contribution in [-0.2, 0) is 0 Å². The number of carbonyl (C=O) groups excluding carboxylic acids is 1. The van der Waals surface area contributed by atoms with E-state index in [2.05, 4.69) is 31.1 Å². The molecule has 1 heterocycles. The lowest BCUT2D eigenvalue weighted by Gasteiger charge is -2.18. The molecule has 3 nitrogen and oxygen atoms in total. The van der Waals surface area contributed by atoms with Gasteiger partial charge in [-0.1, -0.05) is 20.8 Å². The molecule has 1 aromatic rings. The summed E-state index contributed by atoms with van der Waals surface area (Å²) in [5.74, 6) is -0.0140. The fourth-order valence-electron chi connectivity index (χ4n) is 0.946. The predicted molar refractivity (Wildman–Crippen MR) is 58.6 cm³/mol. The molecule has 0 aliphatic heterocycles. The first-order valence-electron chi connectivity index (χ1n) is 4.58. The van der Waals surface area contributed by atoms with Crippen molar-refractivity contribution < 1.29 is 4.79 Å². The third kappa shape index (κ3) is 3.10. The van der Waals surface area contributed by atoms with E-state index in [0.717, 1.165) is 5.69 Å². The van der Waals surface area contributed by atoms with Crippen LogP contribution < -0.4 is 5.32 Å². The smallest absolute Gasteiger partial charge is 0.263 e. The first kappa shape index (κ1) is 11.2. The summed E-state index contributed by atoms with van der Waals surface area (Å²) in [5, 5.41) is 2.90. The lowest BCUT2D eigenvalue weighted by atomic mass is 9.97. The van der Waals surface area contributed by atoms with Crippen LogP contribution in [0.25, 0.3) is 0 Å².